The van der Waals surface area contributed by atoms with Crippen molar-refractivity contribution in [2.75, 3.05) is 0 Å². The quantitative estimate of drug-likeness (QED) is 0.101. The molecular formula is C45H28N4Si. The fourth-order valence-corrected chi connectivity index (χ4v) is 12.3. The van der Waals surface area contributed by atoms with Crippen LogP contribution in [0, 0.1) is 24.5 Å². The zero-order valence-corrected chi connectivity index (χ0v) is 28.0. The Hall–Kier alpha value is -6.97. The third-order valence-electron chi connectivity index (χ3n) is 9.58. The highest BCUT2D eigenvalue weighted by atomic mass is 28.3. The van der Waals surface area contributed by atoms with Crippen LogP contribution >= 0.6 is 0 Å². The third-order valence-corrected chi connectivity index (χ3v) is 14.4. The van der Waals surface area contributed by atoms with Gasteiger partial charge in [0.1, 0.15) is 0 Å². The lowest BCUT2D eigenvalue weighted by Crippen LogP contribution is -2.74. The minimum atomic E-state index is -2.86. The monoisotopic (exact) mass is 652 g/mol. The molecular weight excluding hydrogens is 625 g/mol. The van der Waals surface area contributed by atoms with Crippen LogP contribution in [0.15, 0.2) is 170 Å². The lowest BCUT2D eigenvalue weighted by Gasteiger charge is -2.34. The van der Waals surface area contributed by atoms with E-state index in [1.54, 1.807) is 6.07 Å². The molecule has 50 heavy (non-hydrogen) atoms. The largest absolute Gasteiger partial charge is 0.310 e. The van der Waals surface area contributed by atoms with Gasteiger partial charge >= 0.3 is 0 Å². The van der Waals surface area contributed by atoms with E-state index in [9.17, 15) is 5.26 Å². The van der Waals surface area contributed by atoms with Crippen molar-refractivity contribution in [3.8, 4) is 22.9 Å². The Morgan fingerprint density at radius 2 is 1.10 bits per heavy atom. The van der Waals surface area contributed by atoms with Crippen molar-refractivity contribution >= 4 is 62.0 Å². The molecule has 0 unspecified atom stereocenters. The van der Waals surface area contributed by atoms with Gasteiger partial charge in [-0.15, -0.1) is 0 Å². The molecule has 0 fully saturated rings. The topological polar surface area (TPSA) is 37.4 Å². The summed E-state index contributed by atoms with van der Waals surface area (Å²) in [6, 6.07) is 60.7. The Kier molecular flexibility index (Phi) is 7.63. The Morgan fingerprint density at radius 3 is 1.70 bits per heavy atom. The maximum absolute atomic E-state index is 10.2. The number of fused-ring (bicyclic) bond motifs is 3. The highest BCUT2D eigenvalue weighted by Gasteiger charge is 2.41. The highest BCUT2D eigenvalue weighted by Crippen LogP contribution is 2.42. The molecule has 0 aliphatic carbocycles. The standard InChI is InChI=1S/C45H28N4Si/c1-47-34-25-26-43-40(30-34)39-23-12-13-24-42(39)49(43)44-28-32(31-46)27-41(48-2)45(44)33-15-14-22-38(29-33)50(35-16-6-3-7-17-35,36-18-8-4-9-19-36)37-20-10-5-11-21-37/h3-30H. The number of hydrogen-bond acceptors (Lipinski definition) is 1. The van der Waals surface area contributed by atoms with E-state index in [2.05, 4.69) is 148 Å². The van der Waals surface area contributed by atoms with Crippen molar-refractivity contribution in [2.24, 2.45) is 0 Å². The van der Waals surface area contributed by atoms with Gasteiger partial charge in [-0.2, -0.15) is 5.26 Å². The molecule has 0 aliphatic rings. The van der Waals surface area contributed by atoms with Crippen molar-refractivity contribution in [1.82, 2.24) is 4.57 Å². The van der Waals surface area contributed by atoms with Gasteiger partial charge < -0.3 is 4.57 Å². The van der Waals surface area contributed by atoms with E-state index in [1.165, 1.54) is 20.7 Å². The predicted molar refractivity (Wildman–Crippen MR) is 207 cm³/mol. The molecule has 0 aliphatic heterocycles. The van der Waals surface area contributed by atoms with Gasteiger partial charge in [-0.05, 0) is 62.0 Å². The molecule has 8 rings (SSSR count). The van der Waals surface area contributed by atoms with Gasteiger partial charge in [0.25, 0.3) is 0 Å². The van der Waals surface area contributed by atoms with Gasteiger partial charge in [-0.1, -0.05) is 140 Å². The Labute approximate surface area is 292 Å². The Bertz CT molecular complexity index is 2580. The lowest BCUT2D eigenvalue weighted by atomic mass is 9.99. The van der Waals surface area contributed by atoms with Crippen LogP contribution in [0.1, 0.15) is 5.56 Å². The minimum absolute atomic E-state index is 0.409. The Balaban J connectivity index is 1.48. The second kappa shape index (κ2) is 12.6. The zero-order valence-electron chi connectivity index (χ0n) is 27.0. The van der Waals surface area contributed by atoms with E-state index < -0.39 is 8.07 Å². The van der Waals surface area contributed by atoms with Crippen LogP contribution < -0.4 is 20.7 Å². The van der Waals surface area contributed by atoms with Crippen LogP contribution in [0.5, 0.6) is 0 Å². The van der Waals surface area contributed by atoms with E-state index in [0.717, 1.165) is 38.6 Å². The van der Waals surface area contributed by atoms with Crippen molar-refractivity contribution in [3.05, 3.63) is 198 Å². The summed E-state index contributed by atoms with van der Waals surface area (Å²) in [6.45, 7) is 16.0. The van der Waals surface area contributed by atoms with Crippen LogP contribution in [0.4, 0.5) is 11.4 Å². The molecule has 0 bridgehead atoms. The van der Waals surface area contributed by atoms with Crippen molar-refractivity contribution in [1.29, 1.82) is 5.26 Å². The third kappa shape index (κ3) is 4.80. The van der Waals surface area contributed by atoms with Crippen molar-refractivity contribution in [2.45, 2.75) is 0 Å². The van der Waals surface area contributed by atoms with E-state index in [1.807, 2.05) is 36.4 Å². The molecule has 0 radical (unpaired) electrons. The maximum atomic E-state index is 10.2. The second-order valence-corrected chi connectivity index (χ2v) is 16.0. The fourth-order valence-electron chi connectivity index (χ4n) is 7.50. The average Bonchev–Trinajstić information content (AvgIpc) is 3.52. The summed E-state index contributed by atoms with van der Waals surface area (Å²) in [5.41, 5.74) is 5.64. The lowest BCUT2D eigenvalue weighted by molar-refractivity contribution is 1.18. The number of benzene rings is 7. The fraction of sp³-hybridized carbons (Fsp3) is 0. The molecule has 8 aromatic rings. The van der Waals surface area contributed by atoms with Gasteiger partial charge in [0.05, 0.1) is 30.2 Å². The average molecular weight is 653 g/mol. The van der Waals surface area contributed by atoms with Gasteiger partial charge in [-0.3, -0.25) is 0 Å². The van der Waals surface area contributed by atoms with Crippen LogP contribution in [0.3, 0.4) is 0 Å². The molecule has 0 atom stereocenters. The summed E-state index contributed by atoms with van der Waals surface area (Å²) in [7, 11) is -2.86. The molecule has 4 nitrogen and oxygen atoms in total. The Morgan fingerprint density at radius 1 is 0.520 bits per heavy atom. The molecule has 0 spiro atoms. The van der Waals surface area contributed by atoms with E-state index in [-0.39, 0.29) is 0 Å². The van der Waals surface area contributed by atoms with Crippen molar-refractivity contribution in [3.63, 3.8) is 0 Å². The first-order valence-electron chi connectivity index (χ1n) is 16.3. The maximum Gasteiger partial charge on any atom is 0.198 e. The van der Waals surface area contributed by atoms with Gasteiger partial charge in [0.2, 0.25) is 0 Å². The first kappa shape index (κ1) is 30.4. The summed E-state index contributed by atoms with van der Waals surface area (Å²) in [6.07, 6.45) is 0. The van der Waals surface area contributed by atoms with Gasteiger partial charge in [0.15, 0.2) is 19.4 Å². The van der Waals surface area contributed by atoms with E-state index >= 15 is 0 Å². The minimum Gasteiger partial charge on any atom is -0.310 e. The van der Waals surface area contributed by atoms with Crippen molar-refractivity contribution < 1.29 is 0 Å². The molecule has 7 aromatic carbocycles. The highest BCUT2D eigenvalue weighted by molar-refractivity contribution is 7.19. The summed E-state index contributed by atoms with van der Waals surface area (Å²) >= 11 is 0. The molecule has 5 heteroatoms. The number of para-hydroxylation sites is 1. The SMILES string of the molecule is [C-]#[N+]c1ccc2c(c1)c1ccccc1n2-c1cc(C#N)cc([N+]#[C-])c1-c1cccc([Si](c2ccccc2)(c2ccccc2)c2ccccc2)c1. The summed E-state index contributed by atoms with van der Waals surface area (Å²) < 4.78 is 2.15. The number of hydrogen-bond donors (Lipinski definition) is 0. The van der Waals surface area contributed by atoms with E-state index in [0.29, 0.717) is 16.9 Å². The van der Waals surface area contributed by atoms with E-state index in [4.69, 9.17) is 13.1 Å². The summed E-state index contributed by atoms with van der Waals surface area (Å²) in [4.78, 5) is 7.74. The molecule has 0 saturated heterocycles. The normalized spacial score (nSPS) is 11.1. The molecule has 0 N–H and O–H groups in total. The number of rotatable bonds is 6. The first-order valence-corrected chi connectivity index (χ1v) is 18.3. The summed E-state index contributed by atoms with van der Waals surface area (Å²) in [5.74, 6) is 0. The van der Waals surface area contributed by atoms with Crippen LogP contribution in [-0.2, 0) is 0 Å². The van der Waals surface area contributed by atoms with Gasteiger partial charge in [-0.25, -0.2) is 9.69 Å². The number of aromatic nitrogens is 1. The van der Waals surface area contributed by atoms with Gasteiger partial charge in [0, 0.05) is 22.2 Å². The van der Waals surface area contributed by atoms with Crippen LogP contribution in [-0.4, -0.2) is 12.6 Å². The molecule has 232 valence electrons. The first-order chi connectivity index (χ1) is 24.7. The predicted octanol–water partition coefficient (Wildman–Crippen LogP) is 8.80. The second-order valence-electron chi connectivity index (χ2n) is 12.2. The molecule has 1 aromatic heterocycles. The summed E-state index contributed by atoms with van der Waals surface area (Å²) in [5, 5.41) is 17.1. The molecule has 0 amide bonds. The number of nitriles is 1. The van der Waals surface area contributed by atoms with Crippen LogP contribution in [0.2, 0.25) is 0 Å². The number of nitrogens with zero attached hydrogens (tertiary/aromatic N) is 4. The smallest absolute Gasteiger partial charge is 0.198 e. The zero-order chi connectivity index (χ0) is 34.1. The molecule has 0 saturated carbocycles. The van der Waals surface area contributed by atoms with Crippen LogP contribution in [0.25, 0.3) is 48.3 Å². The molecule has 1 heterocycles.